The molecule has 1 aliphatic carbocycles. The Balaban J connectivity index is 1.76. The fraction of sp³-hybridized carbons (Fsp3) is 0.417. The van der Waals surface area contributed by atoms with Gasteiger partial charge < -0.3 is 10.0 Å². The van der Waals surface area contributed by atoms with Gasteiger partial charge in [-0.15, -0.1) is 0 Å². The molecule has 170 valence electrons. The maximum Gasteiger partial charge on any atom is 0.352 e. The fourth-order valence-corrected chi connectivity index (χ4v) is 3.87. The molecule has 1 atom stereocenters. The minimum atomic E-state index is -1.06. The van der Waals surface area contributed by atoms with E-state index in [9.17, 15) is 14.7 Å². The molecule has 3 rings (SSSR count). The molecule has 1 N–H and O–H groups in total. The molecule has 1 aromatic heterocycles. The van der Waals surface area contributed by atoms with E-state index >= 15 is 0 Å². The molecule has 0 radical (unpaired) electrons. The number of carboxylic acid groups (broad SMARTS) is 1. The molecule has 8 nitrogen and oxygen atoms in total. The van der Waals surface area contributed by atoms with E-state index in [1.54, 1.807) is 18.6 Å². The number of aromatic nitrogens is 4. The second-order valence-corrected chi connectivity index (χ2v) is 8.23. The Labute approximate surface area is 188 Å². The van der Waals surface area contributed by atoms with Gasteiger partial charge in [-0.25, -0.2) is 4.79 Å². The maximum absolute atomic E-state index is 12.9. The van der Waals surface area contributed by atoms with E-state index in [0.29, 0.717) is 25.1 Å². The van der Waals surface area contributed by atoms with Crippen LogP contribution in [0.4, 0.5) is 0 Å². The lowest BCUT2D eigenvalue weighted by atomic mass is 9.90. The molecular formula is C24H30N5O3-. The summed E-state index contributed by atoms with van der Waals surface area (Å²) < 4.78 is 0. The van der Waals surface area contributed by atoms with E-state index in [1.807, 2.05) is 25.1 Å². The first-order valence-electron chi connectivity index (χ1n) is 11.0. The SMILES string of the molecule is CCCCC(=O)N(CC1C=CC(c2ccccc2Cn2nn[n-]2)=CC1)C(C(=O)O)=C(C)C. The van der Waals surface area contributed by atoms with Crippen LogP contribution in [0, 0.1) is 5.92 Å². The van der Waals surface area contributed by atoms with Crippen molar-refractivity contribution in [3.63, 3.8) is 0 Å². The van der Waals surface area contributed by atoms with Gasteiger partial charge in [-0.3, -0.25) is 9.59 Å². The molecule has 1 unspecified atom stereocenters. The van der Waals surface area contributed by atoms with Gasteiger partial charge in [0.15, 0.2) is 0 Å². The Morgan fingerprint density at radius 2 is 2.03 bits per heavy atom. The van der Waals surface area contributed by atoms with Gasteiger partial charge in [0, 0.05) is 13.0 Å². The number of hydrogen-bond donors (Lipinski definition) is 1. The Morgan fingerprint density at radius 1 is 1.28 bits per heavy atom. The minimum Gasteiger partial charge on any atom is -0.477 e. The lowest BCUT2D eigenvalue weighted by Gasteiger charge is -2.29. The van der Waals surface area contributed by atoms with Gasteiger partial charge in [-0.2, -0.15) is 15.6 Å². The van der Waals surface area contributed by atoms with Crippen molar-refractivity contribution in [2.75, 3.05) is 6.54 Å². The van der Waals surface area contributed by atoms with Crippen molar-refractivity contribution in [1.82, 2.24) is 25.3 Å². The number of aliphatic carboxylic acids is 1. The van der Waals surface area contributed by atoms with E-state index in [-0.39, 0.29) is 17.5 Å². The first-order chi connectivity index (χ1) is 15.4. The zero-order chi connectivity index (χ0) is 23.1. The molecule has 0 fully saturated rings. The largest absolute Gasteiger partial charge is 0.477 e. The van der Waals surface area contributed by atoms with Gasteiger partial charge in [0.05, 0.1) is 6.54 Å². The van der Waals surface area contributed by atoms with Crippen molar-refractivity contribution in [1.29, 1.82) is 0 Å². The Hall–Kier alpha value is -3.42. The number of unbranched alkanes of at least 4 members (excludes halogenated alkanes) is 1. The fourth-order valence-electron chi connectivity index (χ4n) is 3.87. The summed E-state index contributed by atoms with van der Waals surface area (Å²) in [6, 6.07) is 8.09. The zero-order valence-electron chi connectivity index (χ0n) is 18.9. The highest BCUT2D eigenvalue weighted by Crippen LogP contribution is 2.28. The normalized spacial score (nSPS) is 15.3. The Kier molecular flexibility index (Phi) is 7.81. The van der Waals surface area contributed by atoms with Gasteiger partial charge >= 0.3 is 5.97 Å². The standard InChI is InChI=1S/C24H31N5O3/c1-4-5-10-22(30)28(23(17(2)3)24(31)32)15-18-11-13-19(14-12-18)21-9-7-6-8-20(21)16-29-26-25-27-29/h6-9,11,13-14,18H,4-5,10,12,15-16H2,1-3H3,(H2,26,27,31,32)/p-1. The number of rotatable bonds is 10. The van der Waals surface area contributed by atoms with Crippen LogP contribution < -0.4 is 5.21 Å². The third-order valence-electron chi connectivity index (χ3n) is 5.52. The summed E-state index contributed by atoms with van der Waals surface area (Å²) >= 11 is 0. The maximum atomic E-state index is 12.9. The average Bonchev–Trinajstić information content (AvgIpc) is 2.74. The lowest BCUT2D eigenvalue weighted by Crippen LogP contribution is -2.37. The molecule has 1 heterocycles. The van der Waals surface area contributed by atoms with Crippen molar-refractivity contribution in [3.05, 3.63) is 64.9 Å². The third-order valence-corrected chi connectivity index (χ3v) is 5.52. The molecule has 0 aliphatic heterocycles. The zero-order valence-corrected chi connectivity index (χ0v) is 18.9. The van der Waals surface area contributed by atoms with Crippen LogP contribution in [-0.2, 0) is 16.1 Å². The van der Waals surface area contributed by atoms with Crippen LogP contribution in [0.3, 0.4) is 0 Å². The molecule has 0 saturated carbocycles. The smallest absolute Gasteiger partial charge is 0.352 e. The van der Waals surface area contributed by atoms with E-state index in [2.05, 4.69) is 39.9 Å². The molecule has 2 aromatic rings. The first kappa shape index (κ1) is 23.2. The summed E-state index contributed by atoms with van der Waals surface area (Å²) in [6.07, 6.45) is 8.98. The van der Waals surface area contributed by atoms with Gasteiger partial charge in [0.25, 0.3) is 0 Å². The van der Waals surface area contributed by atoms with Crippen LogP contribution in [0.5, 0.6) is 0 Å². The third kappa shape index (κ3) is 5.63. The van der Waals surface area contributed by atoms with Gasteiger partial charge in [0.1, 0.15) is 5.70 Å². The number of carboxylic acids is 1. The summed E-state index contributed by atoms with van der Waals surface area (Å²) in [5, 5.41) is 20.9. The number of nitrogens with zero attached hydrogens (tertiary/aromatic N) is 5. The Bertz CT molecular complexity index is 1030. The second-order valence-electron chi connectivity index (χ2n) is 8.23. The molecule has 0 saturated heterocycles. The van der Waals surface area contributed by atoms with E-state index < -0.39 is 5.97 Å². The van der Waals surface area contributed by atoms with E-state index in [0.717, 1.165) is 36.0 Å². The molecular weight excluding hydrogens is 406 g/mol. The van der Waals surface area contributed by atoms with Gasteiger partial charge in [0.2, 0.25) is 5.91 Å². The number of amides is 1. The molecule has 1 amide bonds. The quantitative estimate of drug-likeness (QED) is 0.571. The van der Waals surface area contributed by atoms with E-state index in [4.69, 9.17) is 0 Å². The molecule has 0 spiro atoms. The van der Waals surface area contributed by atoms with Gasteiger partial charge in [-0.05, 0) is 54.9 Å². The van der Waals surface area contributed by atoms with Crippen LogP contribution in [0.25, 0.3) is 5.57 Å². The lowest BCUT2D eigenvalue weighted by molar-refractivity contribution is -0.140. The molecule has 32 heavy (non-hydrogen) atoms. The summed E-state index contributed by atoms with van der Waals surface area (Å²) in [7, 11) is 0. The van der Waals surface area contributed by atoms with Crippen molar-refractivity contribution in [3.8, 4) is 0 Å². The summed E-state index contributed by atoms with van der Waals surface area (Å²) in [4.78, 5) is 27.7. The van der Waals surface area contributed by atoms with Crippen LogP contribution >= 0.6 is 0 Å². The number of benzene rings is 1. The molecule has 1 aromatic carbocycles. The highest BCUT2D eigenvalue weighted by atomic mass is 16.4. The van der Waals surface area contributed by atoms with Crippen LogP contribution in [-0.4, -0.2) is 43.7 Å². The number of carbonyl (C=O) groups excluding carboxylic acids is 1. The second kappa shape index (κ2) is 10.7. The van der Waals surface area contributed by atoms with Crippen LogP contribution in [0.1, 0.15) is 57.6 Å². The first-order valence-corrected chi connectivity index (χ1v) is 11.0. The predicted molar refractivity (Wildman–Crippen MR) is 121 cm³/mol. The Morgan fingerprint density at radius 3 is 2.59 bits per heavy atom. The number of carbonyl (C=O) groups is 2. The summed E-state index contributed by atoms with van der Waals surface area (Å²) in [5.41, 5.74) is 4.01. The highest BCUT2D eigenvalue weighted by Gasteiger charge is 2.26. The van der Waals surface area contributed by atoms with E-state index in [1.165, 1.54) is 4.90 Å². The van der Waals surface area contributed by atoms with Crippen molar-refractivity contribution >= 4 is 17.4 Å². The monoisotopic (exact) mass is 436 g/mol. The van der Waals surface area contributed by atoms with Crippen LogP contribution in [0.2, 0.25) is 0 Å². The van der Waals surface area contributed by atoms with Crippen molar-refractivity contribution in [2.45, 2.75) is 53.0 Å². The minimum absolute atomic E-state index is 0.0457. The summed E-state index contributed by atoms with van der Waals surface area (Å²) in [5.74, 6) is -1.15. The predicted octanol–water partition coefficient (Wildman–Crippen LogP) is 3.64. The molecule has 1 aliphatic rings. The van der Waals surface area contributed by atoms with Gasteiger partial charge in [-0.1, -0.05) is 55.8 Å². The van der Waals surface area contributed by atoms with Crippen molar-refractivity contribution < 1.29 is 14.7 Å². The number of allylic oxidation sites excluding steroid dienone is 4. The highest BCUT2D eigenvalue weighted by molar-refractivity contribution is 5.93. The summed E-state index contributed by atoms with van der Waals surface area (Å²) in [6.45, 7) is 6.39. The van der Waals surface area contributed by atoms with Crippen molar-refractivity contribution in [2.24, 2.45) is 5.92 Å². The molecule has 0 bridgehead atoms. The topological polar surface area (TPSA) is 102 Å². The molecule has 8 heteroatoms. The number of hydrogen-bond acceptors (Lipinski definition) is 4. The average molecular weight is 437 g/mol. The van der Waals surface area contributed by atoms with Crippen LogP contribution in [0.15, 0.2) is 53.8 Å².